The SMILES string of the molecule is Cc1cc(C(=O)NC2(C(=O)O)CCOC2)c(C)n1-c1ccccc1. The fourth-order valence-electron chi connectivity index (χ4n) is 3.14. The lowest BCUT2D eigenvalue weighted by molar-refractivity contribution is -0.144. The number of hydrogen-bond acceptors (Lipinski definition) is 3. The van der Waals surface area contributed by atoms with Crippen molar-refractivity contribution in [2.75, 3.05) is 13.2 Å². The Morgan fingerprint density at radius 3 is 2.54 bits per heavy atom. The van der Waals surface area contributed by atoms with Crippen LogP contribution < -0.4 is 5.32 Å². The number of benzene rings is 1. The number of carbonyl (C=O) groups excluding carboxylic acids is 1. The summed E-state index contributed by atoms with van der Waals surface area (Å²) in [5.41, 5.74) is 1.78. The monoisotopic (exact) mass is 328 g/mol. The molecular weight excluding hydrogens is 308 g/mol. The van der Waals surface area contributed by atoms with Crippen LogP contribution in [-0.4, -0.2) is 40.3 Å². The molecule has 6 heteroatoms. The van der Waals surface area contributed by atoms with Crippen molar-refractivity contribution in [1.82, 2.24) is 9.88 Å². The van der Waals surface area contributed by atoms with E-state index in [1.54, 1.807) is 6.07 Å². The highest BCUT2D eigenvalue weighted by Crippen LogP contribution is 2.23. The van der Waals surface area contributed by atoms with Gasteiger partial charge in [0.15, 0.2) is 5.54 Å². The van der Waals surface area contributed by atoms with Crippen LogP contribution in [0.15, 0.2) is 36.4 Å². The topological polar surface area (TPSA) is 80.6 Å². The second-order valence-corrected chi connectivity index (χ2v) is 6.10. The molecule has 1 aliphatic rings. The summed E-state index contributed by atoms with van der Waals surface area (Å²) in [6.07, 6.45) is 0.269. The number of aryl methyl sites for hydroxylation is 1. The van der Waals surface area contributed by atoms with E-state index in [2.05, 4.69) is 5.32 Å². The number of aromatic nitrogens is 1. The summed E-state index contributed by atoms with van der Waals surface area (Å²) in [7, 11) is 0. The van der Waals surface area contributed by atoms with Crippen molar-refractivity contribution in [2.24, 2.45) is 0 Å². The molecule has 2 aromatic rings. The zero-order chi connectivity index (χ0) is 17.3. The van der Waals surface area contributed by atoms with Crippen molar-refractivity contribution in [3.63, 3.8) is 0 Å². The first-order valence-corrected chi connectivity index (χ1v) is 7.83. The van der Waals surface area contributed by atoms with E-state index in [-0.39, 0.29) is 13.0 Å². The summed E-state index contributed by atoms with van der Waals surface area (Å²) in [5, 5.41) is 12.1. The maximum absolute atomic E-state index is 12.7. The first-order chi connectivity index (χ1) is 11.4. The Morgan fingerprint density at radius 2 is 1.96 bits per heavy atom. The molecule has 1 fully saturated rings. The number of carbonyl (C=O) groups is 2. The molecule has 0 spiro atoms. The van der Waals surface area contributed by atoms with Crippen molar-refractivity contribution >= 4 is 11.9 Å². The number of amides is 1. The Bertz CT molecular complexity index is 774. The van der Waals surface area contributed by atoms with Crippen LogP contribution in [0.2, 0.25) is 0 Å². The summed E-state index contributed by atoms with van der Waals surface area (Å²) in [6, 6.07) is 11.5. The number of aliphatic carboxylic acids is 1. The van der Waals surface area contributed by atoms with Crippen LogP contribution in [0.3, 0.4) is 0 Å². The molecule has 3 rings (SSSR count). The molecule has 0 aliphatic carbocycles. The molecule has 1 aromatic carbocycles. The summed E-state index contributed by atoms with van der Waals surface area (Å²) in [4.78, 5) is 24.3. The smallest absolute Gasteiger partial charge is 0.331 e. The van der Waals surface area contributed by atoms with Crippen LogP contribution in [0.5, 0.6) is 0 Å². The predicted octanol–water partition coefficient (Wildman–Crippen LogP) is 2.07. The lowest BCUT2D eigenvalue weighted by atomic mass is 9.98. The van der Waals surface area contributed by atoms with Gasteiger partial charge in [-0.2, -0.15) is 0 Å². The van der Waals surface area contributed by atoms with E-state index < -0.39 is 17.4 Å². The van der Waals surface area contributed by atoms with Crippen LogP contribution in [0.25, 0.3) is 5.69 Å². The fraction of sp³-hybridized carbons (Fsp3) is 0.333. The Kier molecular flexibility index (Phi) is 4.15. The Hall–Kier alpha value is -2.60. The van der Waals surface area contributed by atoms with Crippen LogP contribution in [0.1, 0.15) is 28.2 Å². The first kappa shape index (κ1) is 16.3. The molecule has 2 heterocycles. The number of nitrogens with zero attached hydrogens (tertiary/aromatic N) is 1. The molecule has 6 nitrogen and oxygen atoms in total. The molecule has 1 atom stereocenters. The Balaban J connectivity index is 1.93. The summed E-state index contributed by atoms with van der Waals surface area (Å²) in [6.45, 7) is 4.09. The zero-order valence-corrected chi connectivity index (χ0v) is 13.7. The standard InChI is InChI=1S/C18H20N2O4/c1-12-10-15(13(2)20(12)14-6-4-3-5-7-14)16(21)19-18(17(22)23)8-9-24-11-18/h3-7,10H,8-9,11H2,1-2H3,(H,19,21)(H,22,23). The van der Waals surface area contributed by atoms with Crippen LogP contribution >= 0.6 is 0 Å². The Morgan fingerprint density at radius 1 is 1.25 bits per heavy atom. The molecule has 0 radical (unpaired) electrons. The van der Waals surface area contributed by atoms with E-state index in [4.69, 9.17) is 4.74 Å². The molecule has 0 bridgehead atoms. The van der Waals surface area contributed by atoms with Gasteiger partial charge in [-0.25, -0.2) is 4.79 Å². The lowest BCUT2D eigenvalue weighted by Crippen LogP contribution is -2.55. The highest BCUT2D eigenvalue weighted by molar-refractivity contribution is 5.99. The molecule has 1 amide bonds. The molecular formula is C18H20N2O4. The molecule has 1 aliphatic heterocycles. The van der Waals surface area contributed by atoms with E-state index in [0.29, 0.717) is 12.2 Å². The number of para-hydroxylation sites is 1. The number of rotatable bonds is 4. The van der Waals surface area contributed by atoms with Crippen molar-refractivity contribution in [1.29, 1.82) is 0 Å². The maximum Gasteiger partial charge on any atom is 0.331 e. The van der Waals surface area contributed by atoms with Gasteiger partial charge in [-0.1, -0.05) is 18.2 Å². The van der Waals surface area contributed by atoms with E-state index >= 15 is 0 Å². The third-order valence-electron chi connectivity index (χ3n) is 4.47. The lowest BCUT2D eigenvalue weighted by Gasteiger charge is -2.23. The summed E-state index contributed by atoms with van der Waals surface area (Å²) < 4.78 is 7.17. The average molecular weight is 328 g/mol. The number of ether oxygens (including phenoxy) is 1. The van der Waals surface area contributed by atoms with Crippen LogP contribution in [0.4, 0.5) is 0 Å². The van der Waals surface area contributed by atoms with Gasteiger partial charge in [0.25, 0.3) is 5.91 Å². The third kappa shape index (κ3) is 2.69. The number of carboxylic acid groups (broad SMARTS) is 1. The minimum atomic E-state index is -1.34. The van der Waals surface area contributed by atoms with Gasteiger partial charge in [0.2, 0.25) is 0 Å². The largest absolute Gasteiger partial charge is 0.479 e. The molecule has 24 heavy (non-hydrogen) atoms. The third-order valence-corrected chi connectivity index (χ3v) is 4.47. The van der Waals surface area contributed by atoms with Crippen LogP contribution in [0, 0.1) is 13.8 Å². The van der Waals surface area contributed by atoms with Gasteiger partial charge in [0.1, 0.15) is 0 Å². The normalized spacial score (nSPS) is 20.1. The second kappa shape index (κ2) is 6.13. The maximum atomic E-state index is 12.7. The van der Waals surface area contributed by atoms with Crippen LogP contribution in [-0.2, 0) is 9.53 Å². The van der Waals surface area contributed by atoms with Gasteiger partial charge >= 0.3 is 5.97 Å². The van der Waals surface area contributed by atoms with E-state index in [1.165, 1.54) is 0 Å². The molecule has 1 aromatic heterocycles. The Labute approximate surface area is 140 Å². The highest BCUT2D eigenvalue weighted by Gasteiger charge is 2.44. The second-order valence-electron chi connectivity index (χ2n) is 6.10. The quantitative estimate of drug-likeness (QED) is 0.900. The summed E-state index contributed by atoms with van der Waals surface area (Å²) >= 11 is 0. The van der Waals surface area contributed by atoms with Gasteiger partial charge in [0.05, 0.1) is 12.2 Å². The molecule has 1 unspecified atom stereocenters. The molecule has 2 N–H and O–H groups in total. The summed E-state index contributed by atoms with van der Waals surface area (Å²) in [5.74, 6) is -1.46. The minimum absolute atomic E-state index is 0.00844. The number of hydrogen-bond donors (Lipinski definition) is 2. The molecule has 1 saturated heterocycles. The molecule has 126 valence electrons. The van der Waals surface area contributed by atoms with E-state index in [1.807, 2.05) is 48.7 Å². The van der Waals surface area contributed by atoms with E-state index in [0.717, 1.165) is 17.1 Å². The van der Waals surface area contributed by atoms with Gasteiger partial charge in [0, 0.05) is 30.1 Å². The van der Waals surface area contributed by atoms with Gasteiger partial charge in [-0.3, -0.25) is 4.79 Å². The number of nitrogens with one attached hydrogen (secondary N) is 1. The van der Waals surface area contributed by atoms with Crippen molar-refractivity contribution in [2.45, 2.75) is 25.8 Å². The minimum Gasteiger partial charge on any atom is -0.479 e. The van der Waals surface area contributed by atoms with Crippen molar-refractivity contribution < 1.29 is 19.4 Å². The van der Waals surface area contributed by atoms with Crippen molar-refractivity contribution in [3.05, 3.63) is 53.3 Å². The average Bonchev–Trinajstić information content (AvgIpc) is 3.14. The zero-order valence-electron chi connectivity index (χ0n) is 13.7. The van der Waals surface area contributed by atoms with Crippen molar-refractivity contribution in [3.8, 4) is 5.69 Å². The first-order valence-electron chi connectivity index (χ1n) is 7.83. The molecule has 0 saturated carbocycles. The highest BCUT2D eigenvalue weighted by atomic mass is 16.5. The van der Waals surface area contributed by atoms with Gasteiger partial charge in [-0.15, -0.1) is 0 Å². The van der Waals surface area contributed by atoms with Gasteiger partial charge < -0.3 is 19.7 Å². The predicted molar refractivity (Wildman–Crippen MR) is 88.5 cm³/mol. The number of carboxylic acids is 1. The van der Waals surface area contributed by atoms with Gasteiger partial charge in [-0.05, 0) is 32.0 Å². The van der Waals surface area contributed by atoms with E-state index in [9.17, 15) is 14.7 Å². The fourth-order valence-corrected chi connectivity index (χ4v) is 3.14.